The van der Waals surface area contributed by atoms with Crippen molar-refractivity contribution in [1.29, 1.82) is 0 Å². The predicted octanol–water partition coefficient (Wildman–Crippen LogP) is 4.57. The number of Topliss-reactive ketones (excluding diaryl/α,β-unsaturated/α-hetero) is 1. The maximum absolute atomic E-state index is 12.7. The highest BCUT2D eigenvalue weighted by Gasteiger charge is 2.16. The van der Waals surface area contributed by atoms with Gasteiger partial charge in [0.25, 0.3) is 0 Å². The van der Waals surface area contributed by atoms with E-state index in [2.05, 4.69) is 15.2 Å². The average molecular weight is 531 g/mol. The molecule has 0 unspecified atom stereocenters. The van der Waals surface area contributed by atoms with Crippen molar-refractivity contribution in [2.75, 3.05) is 38.6 Å². The van der Waals surface area contributed by atoms with E-state index in [0.29, 0.717) is 47.5 Å². The molecule has 0 atom stereocenters. The highest BCUT2D eigenvalue weighted by molar-refractivity contribution is 6.35. The van der Waals surface area contributed by atoms with Gasteiger partial charge in [-0.15, -0.1) is 0 Å². The molecule has 5 rings (SSSR count). The minimum absolute atomic E-state index is 0.0911. The summed E-state index contributed by atoms with van der Waals surface area (Å²) < 4.78 is 11.2. The summed E-state index contributed by atoms with van der Waals surface area (Å²) in [6, 6.07) is 16.7. The van der Waals surface area contributed by atoms with Gasteiger partial charge in [-0.1, -0.05) is 35.9 Å². The van der Waals surface area contributed by atoms with Crippen LogP contribution in [0.4, 0.5) is 5.82 Å². The van der Waals surface area contributed by atoms with E-state index in [9.17, 15) is 9.59 Å². The number of aromatic nitrogens is 1. The van der Waals surface area contributed by atoms with E-state index in [-0.39, 0.29) is 18.2 Å². The number of anilines is 1. The summed E-state index contributed by atoms with van der Waals surface area (Å²) in [6.07, 6.45) is 4.68. The molecule has 1 fully saturated rings. The van der Waals surface area contributed by atoms with Crippen molar-refractivity contribution in [3.8, 4) is 11.1 Å². The number of hydrogen-bond donors (Lipinski definition) is 2. The number of pyridine rings is 1. The molecule has 0 spiro atoms. The molecule has 38 heavy (non-hydrogen) atoms. The van der Waals surface area contributed by atoms with Gasteiger partial charge in [-0.05, 0) is 53.1 Å². The highest BCUT2D eigenvalue weighted by atomic mass is 35.5. The first-order valence-corrected chi connectivity index (χ1v) is 12.7. The summed E-state index contributed by atoms with van der Waals surface area (Å²) >= 11 is 6.53. The molecule has 0 bridgehead atoms. The number of ether oxygens (including phenoxy) is 1. The lowest BCUT2D eigenvalue weighted by Crippen LogP contribution is -2.39. The maximum atomic E-state index is 12.7. The zero-order valence-corrected chi connectivity index (χ0v) is 21.4. The molecule has 3 heterocycles. The van der Waals surface area contributed by atoms with Gasteiger partial charge in [0.1, 0.15) is 11.6 Å². The zero-order valence-electron chi connectivity index (χ0n) is 20.7. The quantitative estimate of drug-likeness (QED) is 0.253. The Morgan fingerprint density at radius 2 is 1.84 bits per heavy atom. The van der Waals surface area contributed by atoms with Gasteiger partial charge in [-0.25, -0.2) is 4.98 Å². The fraction of sp³-hybridized carbons (Fsp3) is 0.207. The molecule has 1 aliphatic heterocycles. The summed E-state index contributed by atoms with van der Waals surface area (Å²) in [5.41, 5.74) is 9.42. The van der Waals surface area contributed by atoms with Crippen LogP contribution in [0.5, 0.6) is 0 Å². The Balaban J connectivity index is 1.23. The zero-order chi connectivity index (χ0) is 26.5. The van der Waals surface area contributed by atoms with Crippen molar-refractivity contribution in [2.45, 2.75) is 6.54 Å². The van der Waals surface area contributed by atoms with Gasteiger partial charge < -0.3 is 20.2 Å². The number of nitrogens with two attached hydrogens (primary N) is 1. The van der Waals surface area contributed by atoms with Crippen LogP contribution in [0.1, 0.15) is 21.7 Å². The van der Waals surface area contributed by atoms with E-state index < -0.39 is 0 Å². The molecular formula is C29H27ClN4O4. The fourth-order valence-electron chi connectivity index (χ4n) is 4.24. The van der Waals surface area contributed by atoms with Crippen LogP contribution in [0.2, 0.25) is 5.02 Å². The summed E-state index contributed by atoms with van der Waals surface area (Å²) in [4.78, 5) is 31.0. The molecule has 0 aliphatic carbocycles. The topological polar surface area (TPSA) is 111 Å². The molecule has 4 aromatic rings. The van der Waals surface area contributed by atoms with Gasteiger partial charge in [0, 0.05) is 36.3 Å². The maximum Gasteiger partial charge on any atom is 0.244 e. The number of ketones is 1. The fourth-order valence-corrected chi connectivity index (χ4v) is 4.51. The molecule has 1 saturated heterocycles. The second kappa shape index (κ2) is 11.6. The third-order valence-electron chi connectivity index (χ3n) is 6.31. The normalized spacial score (nSPS) is 14.2. The molecular weight excluding hydrogens is 504 g/mol. The average Bonchev–Trinajstić information content (AvgIpc) is 3.36. The molecule has 1 aliphatic rings. The number of benzene rings is 2. The monoisotopic (exact) mass is 530 g/mol. The van der Waals surface area contributed by atoms with Crippen LogP contribution in [0.25, 0.3) is 28.2 Å². The van der Waals surface area contributed by atoms with E-state index in [1.54, 1.807) is 24.4 Å². The number of morpholine rings is 1. The number of nitrogens with zero attached hydrogens (tertiary/aromatic N) is 2. The molecule has 8 nitrogen and oxygen atoms in total. The van der Waals surface area contributed by atoms with Crippen molar-refractivity contribution in [1.82, 2.24) is 15.2 Å². The molecule has 2 aromatic carbocycles. The second-order valence-corrected chi connectivity index (χ2v) is 9.45. The molecule has 2 aromatic heterocycles. The summed E-state index contributed by atoms with van der Waals surface area (Å²) in [7, 11) is 0. The van der Waals surface area contributed by atoms with E-state index in [0.717, 1.165) is 35.2 Å². The number of nitrogen functional groups attached to an aromatic ring is 1. The SMILES string of the molecule is Nc1ccc(C=CC(=O)NCc2cc3cc(-c4ccc(C(=O)CN5CCOCC5)cc4)cc(Cl)c3o2)cn1. The Morgan fingerprint density at radius 1 is 1.05 bits per heavy atom. The van der Waals surface area contributed by atoms with Crippen molar-refractivity contribution >= 4 is 46.2 Å². The van der Waals surface area contributed by atoms with E-state index in [1.807, 2.05) is 42.5 Å². The van der Waals surface area contributed by atoms with Crippen molar-refractivity contribution in [3.63, 3.8) is 0 Å². The van der Waals surface area contributed by atoms with Crippen LogP contribution in [-0.4, -0.2) is 54.4 Å². The lowest BCUT2D eigenvalue weighted by atomic mass is 10.0. The van der Waals surface area contributed by atoms with Crippen LogP contribution in [0, 0.1) is 0 Å². The Bertz CT molecular complexity index is 1470. The van der Waals surface area contributed by atoms with Gasteiger partial charge in [0.2, 0.25) is 5.91 Å². The summed E-state index contributed by atoms with van der Waals surface area (Å²) in [6.45, 7) is 3.48. The number of fused-ring (bicyclic) bond motifs is 1. The third kappa shape index (κ3) is 6.28. The smallest absolute Gasteiger partial charge is 0.244 e. The first-order valence-electron chi connectivity index (χ1n) is 12.3. The van der Waals surface area contributed by atoms with Crippen molar-refractivity contribution in [2.24, 2.45) is 0 Å². The highest BCUT2D eigenvalue weighted by Crippen LogP contribution is 2.33. The Kier molecular flexibility index (Phi) is 7.83. The van der Waals surface area contributed by atoms with E-state index >= 15 is 0 Å². The first kappa shape index (κ1) is 25.7. The molecule has 9 heteroatoms. The molecule has 0 saturated carbocycles. The van der Waals surface area contributed by atoms with Gasteiger partial charge in [0.15, 0.2) is 11.4 Å². The summed E-state index contributed by atoms with van der Waals surface area (Å²) in [5.74, 6) is 0.828. The Hall–Kier alpha value is -3.98. The first-order chi connectivity index (χ1) is 18.4. The lowest BCUT2D eigenvalue weighted by molar-refractivity contribution is -0.116. The van der Waals surface area contributed by atoms with Gasteiger partial charge in [-0.3, -0.25) is 14.5 Å². The predicted molar refractivity (Wildman–Crippen MR) is 148 cm³/mol. The number of furan rings is 1. The molecule has 194 valence electrons. The van der Waals surface area contributed by atoms with E-state index in [4.69, 9.17) is 26.5 Å². The van der Waals surface area contributed by atoms with Crippen LogP contribution in [0.3, 0.4) is 0 Å². The number of carbonyl (C=O) groups is 2. The minimum atomic E-state index is -0.266. The number of nitrogens with one attached hydrogen (secondary N) is 1. The largest absolute Gasteiger partial charge is 0.458 e. The van der Waals surface area contributed by atoms with Crippen LogP contribution in [0.15, 0.2) is 71.3 Å². The van der Waals surface area contributed by atoms with E-state index in [1.165, 1.54) is 6.08 Å². The number of carbonyl (C=O) groups excluding carboxylic acids is 2. The molecule has 0 radical (unpaired) electrons. The number of halogens is 1. The van der Waals surface area contributed by atoms with Crippen LogP contribution >= 0.6 is 11.6 Å². The minimum Gasteiger partial charge on any atom is -0.458 e. The van der Waals surface area contributed by atoms with Crippen molar-refractivity contribution < 1.29 is 18.7 Å². The van der Waals surface area contributed by atoms with Gasteiger partial charge >= 0.3 is 0 Å². The molecule has 3 N–H and O–H groups in total. The van der Waals surface area contributed by atoms with Gasteiger partial charge in [-0.2, -0.15) is 0 Å². The van der Waals surface area contributed by atoms with Gasteiger partial charge in [0.05, 0.1) is 31.3 Å². The molecule has 1 amide bonds. The second-order valence-electron chi connectivity index (χ2n) is 9.05. The Morgan fingerprint density at radius 3 is 2.58 bits per heavy atom. The standard InChI is InChI=1S/C29H27ClN4O4/c30-25-15-22(20-3-5-21(6-4-20)26(35)18-34-9-11-37-12-10-34)13-23-14-24(38-29(23)25)17-33-28(36)8-2-19-1-7-27(31)32-16-19/h1-8,13-16H,9-12,17-18H2,(H2,31,32)(H,33,36). The number of rotatable bonds is 8. The third-order valence-corrected chi connectivity index (χ3v) is 6.59. The van der Waals surface area contributed by atoms with Crippen LogP contribution in [-0.2, 0) is 16.1 Å². The number of hydrogen-bond acceptors (Lipinski definition) is 7. The summed E-state index contributed by atoms with van der Waals surface area (Å²) in [5, 5.41) is 4.10. The van der Waals surface area contributed by atoms with Crippen molar-refractivity contribution in [3.05, 3.63) is 88.8 Å². The van der Waals surface area contributed by atoms with Crippen LogP contribution < -0.4 is 11.1 Å². The Labute approximate surface area is 225 Å². The lowest BCUT2D eigenvalue weighted by Gasteiger charge is -2.25. The number of amides is 1.